The van der Waals surface area contributed by atoms with Crippen LogP contribution in [0.4, 0.5) is 0 Å². The summed E-state index contributed by atoms with van der Waals surface area (Å²) in [4.78, 5) is 0. The molecule has 1 aliphatic rings. The second-order valence-corrected chi connectivity index (χ2v) is 6.62. The van der Waals surface area contributed by atoms with E-state index >= 15 is 0 Å². The van der Waals surface area contributed by atoms with E-state index in [0.29, 0.717) is 6.10 Å². The summed E-state index contributed by atoms with van der Waals surface area (Å²) in [6.07, 6.45) is 19.3. The summed E-state index contributed by atoms with van der Waals surface area (Å²) in [5, 5.41) is 0. The van der Waals surface area contributed by atoms with Crippen LogP contribution in [0.5, 0.6) is 0 Å². The lowest BCUT2D eigenvalue weighted by Gasteiger charge is -2.10. The Morgan fingerprint density at radius 2 is 1.38 bits per heavy atom. The molecule has 0 aliphatic heterocycles. The molecule has 0 bridgehead atoms. The van der Waals surface area contributed by atoms with Gasteiger partial charge in [-0.1, -0.05) is 76.4 Å². The lowest BCUT2D eigenvalue weighted by Crippen LogP contribution is -2.08. The summed E-state index contributed by atoms with van der Waals surface area (Å²) in [5.74, 6) is 0. The Kier molecular flexibility index (Phi) is 15.8. The summed E-state index contributed by atoms with van der Waals surface area (Å²) < 4.78 is 5.85. The van der Waals surface area contributed by atoms with Crippen LogP contribution in [0.25, 0.3) is 0 Å². The van der Waals surface area contributed by atoms with Gasteiger partial charge in [0.1, 0.15) is 0 Å². The summed E-state index contributed by atoms with van der Waals surface area (Å²) in [6, 6.07) is 0. The SMILES string of the molecule is CC=C(C)C.CCCCCCCCCCOC1CCCC1. The number of hydrogen-bond donors (Lipinski definition) is 0. The highest BCUT2D eigenvalue weighted by Crippen LogP contribution is 2.21. The first kappa shape index (κ1) is 20.7. The fourth-order valence-electron chi connectivity index (χ4n) is 2.54. The minimum absolute atomic E-state index is 0.615. The fraction of sp³-hybridized carbons (Fsp3) is 0.900. The average molecular weight is 297 g/mol. The van der Waals surface area contributed by atoms with Gasteiger partial charge in [-0.2, -0.15) is 0 Å². The molecule has 0 radical (unpaired) electrons. The fourth-order valence-corrected chi connectivity index (χ4v) is 2.54. The van der Waals surface area contributed by atoms with Crippen LogP contribution in [0.2, 0.25) is 0 Å². The van der Waals surface area contributed by atoms with Crippen molar-refractivity contribution < 1.29 is 4.74 Å². The largest absolute Gasteiger partial charge is 0.378 e. The molecule has 1 nitrogen and oxygen atoms in total. The van der Waals surface area contributed by atoms with Gasteiger partial charge in [-0.15, -0.1) is 0 Å². The van der Waals surface area contributed by atoms with Crippen LogP contribution in [0.3, 0.4) is 0 Å². The van der Waals surface area contributed by atoms with E-state index in [1.54, 1.807) is 0 Å². The quantitative estimate of drug-likeness (QED) is 0.310. The molecule has 1 saturated carbocycles. The van der Waals surface area contributed by atoms with Gasteiger partial charge in [0, 0.05) is 6.61 Å². The van der Waals surface area contributed by atoms with E-state index in [2.05, 4.69) is 26.8 Å². The van der Waals surface area contributed by atoms with Gasteiger partial charge in [0.25, 0.3) is 0 Å². The Bertz CT molecular complexity index is 222. The lowest BCUT2D eigenvalue weighted by atomic mass is 10.1. The number of allylic oxidation sites excluding steroid dienone is 2. The molecule has 0 N–H and O–H groups in total. The molecule has 0 unspecified atom stereocenters. The zero-order valence-electron chi connectivity index (χ0n) is 15.3. The monoisotopic (exact) mass is 296 g/mol. The zero-order valence-corrected chi connectivity index (χ0v) is 15.3. The molecule has 1 fully saturated rings. The Morgan fingerprint density at radius 3 is 1.86 bits per heavy atom. The van der Waals surface area contributed by atoms with Gasteiger partial charge < -0.3 is 4.74 Å². The first-order valence-corrected chi connectivity index (χ1v) is 9.41. The zero-order chi connectivity index (χ0) is 15.8. The van der Waals surface area contributed by atoms with Gasteiger partial charge >= 0.3 is 0 Å². The summed E-state index contributed by atoms with van der Waals surface area (Å²) >= 11 is 0. The second kappa shape index (κ2) is 16.1. The van der Waals surface area contributed by atoms with E-state index in [4.69, 9.17) is 4.74 Å². The van der Waals surface area contributed by atoms with Gasteiger partial charge in [-0.25, -0.2) is 0 Å². The Balaban J connectivity index is 0.000000690. The smallest absolute Gasteiger partial charge is 0.0575 e. The van der Waals surface area contributed by atoms with Crippen molar-refractivity contribution in [1.82, 2.24) is 0 Å². The van der Waals surface area contributed by atoms with Crippen LogP contribution in [-0.2, 0) is 4.74 Å². The number of hydrogen-bond acceptors (Lipinski definition) is 1. The molecule has 21 heavy (non-hydrogen) atoms. The number of unbranched alkanes of at least 4 members (excludes halogenated alkanes) is 7. The molecular weight excluding hydrogens is 256 g/mol. The predicted octanol–water partition coefficient (Wildman–Crippen LogP) is 7.06. The first-order valence-electron chi connectivity index (χ1n) is 9.41. The first-order chi connectivity index (χ1) is 10.2. The third-order valence-electron chi connectivity index (χ3n) is 4.23. The minimum Gasteiger partial charge on any atom is -0.378 e. The highest BCUT2D eigenvalue weighted by atomic mass is 16.5. The van der Waals surface area contributed by atoms with Crippen molar-refractivity contribution in [2.45, 2.75) is 111 Å². The third kappa shape index (κ3) is 15.9. The van der Waals surface area contributed by atoms with Crippen molar-refractivity contribution in [2.24, 2.45) is 0 Å². The van der Waals surface area contributed by atoms with E-state index in [0.717, 1.165) is 6.61 Å². The van der Waals surface area contributed by atoms with Crippen LogP contribution in [-0.4, -0.2) is 12.7 Å². The Hall–Kier alpha value is -0.300. The van der Waals surface area contributed by atoms with Crippen LogP contribution in [0, 0.1) is 0 Å². The molecule has 0 spiro atoms. The molecule has 0 aromatic heterocycles. The van der Waals surface area contributed by atoms with Crippen molar-refractivity contribution in [1.29, 1.82) is 0 Å². The topological polar surface area (TPSA) is 9.23 Å². The number of rotatable bonds is 10. The van der Waals surface area contributed by atoms with Crippen LogP contribution in [0.1, 0.15) is 105 Å². The molecule has 1 aliphatic carbocycles. The molecule has 0 saturated heterocycles. The summed E-state index contributed by atoms with van der Waals surface area (Å²) in [5.41, 5.74) is 1.38. The van der Waals surface area contributed by atoms with E-state index in [1.807, 2.05) is 6.92 Å². The van der Waals surface area contributed by atoms with Gasteiger partial charge in [-0.3, -0.25) is 0 Å². The molecule has 0 aromatic rings. The van der Waals surface area contributed by atoms with E-state index in [9.17, 15) is 0 Å². The van der Waals surface area contributed by atoms with Crippen molar-refractivity contribution in [3.05, 3.63) is 11.6 Å². The molecule has 1 rings (SSSR count). The molecule has 126 valence electrons. The Labute approximate surface area is 134 Å². The molecule has 0 amide bonds. The maximum atomic E-state index is 5.85. The molecule has 1 heteroatoms. The standard InChI is InChI=1S/C15H30O.C5H10/c1-2-3-4-5-6-7-8-11-14-16-15-12-9-10-13-15;1-4-5(2)3/h15H,2-14H2,1H3;4H,1-3H3. The summed E-state index contributed by atoms with van der Waals surface area (Å²) in [6.45, 7) is 9.50. The van der Waals surface area contributed by atoms with Gasteiger partial charge in [0.2, 0.25) is 0 Å². The molecule has 0 aromatic carbocycles. The van der Waals surface area contributed by atoms with Crippen LogP contribution in [0.15, 0.2) is 11.6 Å². The third-order valence-corrected chi connectivity index (χ3v) is 4.23. The van der Waals surface area contributed by atoms with E-state index < -0.39 is 0 Å². The van der Waals surface area contributed by atoms with E-state index in [1.165, 1.54) is 82.6 Å². The molecular formula is C20H40O. The maximum absolute atomic E-state index is 5.85. The van der Waals surface area contributed by atoms with Crippen LogP contribution >= 0.6 is 0 Å². The van der Waals surface area contributed by atoms with E-state index in [-0.39, 0.29) is 0 Å². The highest BCUT2D eigenvalue weighted by molar-refractivity contribution is 4.88. The van der Waals surface area contributed by atoms with Gasteiger partial charge in [0.15, 0.2) is 0 Å². The van der Waals surface area contributed by atoms with Crippen molar-refractivity contribution in [2.75, 3.05) is 6.61 Å². The van der Waals surface area contributed by atoms with Crippen molar-refractivity contribution in [3.8, 4) is 0 Å². The molecule has 0 heterocycles. The Morgan fingerprint density at radius 1 is 0.905 bits per heavy atom. The van der Waals surface area contributed by atoms with Gasteiger partial charge in [-0.05, 0) is 40.0 Å². The van der Waals surface area contributed by atoms with Crippen molar-refractivity contribution in [3.63, 3.8) is 0 Å². The summed E-state index contributed by atoms with van der Waals surface area (Å²) in [7, 11) is 0. The molecule has 0 atom stereocenters. The predicted molar refractivity (Wildman–Crippen MR) is 95.9 cm³/mol. The van der Waals surface area contributed by atoms with Crippen molar-refractivity contribution >= 4 is 0 Å². The lowest BCUT2D eigenvalue weighted by molar-refractivity contribution is 0.0556. The number of ether oxygens (including phenoxy) is 1. The normalized spacial score (nSPS) is 14.7. The average Bonchev–Trinajstić information content (AvgIpc) is 2.99. The highest BCUT2D eigenvalue weighted by Gasteiger charge is 2.14. The maximum Gasteiger partial charge on any atom is 0.0575 e. The van der Waals surface area contributed by atoms with Crippen LogP contribution < -0.4 is 0 Å². The minimum atomic E-state index is 0.615. The second-order valence-electron chi connectivity index (χ2n) is 6.62. The van der Waals surface area contributed by atoms with Gasteiger partial charge in [0.05, 0.1) is 6.10 Å².